The molecule has 17 heteroatoms. The van der Waals surface area contributed by atoms with Gasteiger partial charge >= 0.3 is 47.4 Å². The first-order valence-electron chi connectivity index (χ1n) is 5.49. The molecule has 0 radical (unpaired) electrons. The fraction of sp³-hybridized carbons (Fsp3) is 0.889. The lowest BCUT2D eigenvalue weighted by Gasteiger charge is -2.41. The van der Waals surface area contributed by atoms with Crippen LogP contribution in [-0.2, 0) is 4.79 Å². The Hall–Kier alpha value is -1.55. The van der Waals surface area contributed by atoms with E-state index in [1.807, 2.05) is 0 Å². The standard InChI is InChI=1S/C9H4F14O3/c10-3(11,1-24)5(14,15)7(18,19)9(22,23)8(20,21)6(16,17)4(12,13)2(25)26/h24H,1H2,(H,25,26). The number of carbonyl (C=O) groups is 1. The molecule has 0 saturated heterocycles. The van der Waals surface area contributed by atoms with Gasteiger partial charge in [0.25, 0.3) is 0 Å². The van der Waals surface area contributed by atoms with Crippen molar-refractivity contribution in [1.82, 2.24) is 0 Å². The SMILES string of the molecule is O=C(O)C(F)(F)C(F)(F)C(F)(F)C(F)(F)C(F)(F)C(F)(F)C(F)(F)CO. The summed E-state index contributed by atoms with van der Waals surface area (Å²) in [4.78, 5) is 9.80. The molecular formula is C9H4F14O3. The van der Waals surface area contributed by atoms with Crippen molar-refractivity contribution in [3.63, 3.8) is 0 Å². The van der Waals surface area contributed by atoms with Crippen molar-refractivity contribution in [2.24, 2.45) is 0 Å². The van der Waals surface area contributed by atoms with E-state index >= 15 is 0 Å². The topological polar surface area (TPSA) is 57.5 Å². The molecule has 0 aromatic rings. The smallest absolute Gasteiger partial charge is 0.410 e. The maximum atomic E-state index is 13.0. The van der Waals surface area contributed by atoms with Crippen LogP contribution in [0, 0.1) is 0 Å². The van der Waals surface area contributed by atoms with E-state index < -0.39 is 54.0 Å². The minimum Gasteiger partial charge on any atom is -0.477 e. The number of aliphatic hydroxyl groups is 1. The zero-order valence-electron chi connectivity index (χ0n) is 11.3. The molecule has 0 saturated carbocycles. The molecule has 0 aliphatic carbocycles. The second-order valence-corrected chi connectivity index (χ2v) is 4.61. The third-order valence-corrected chi connectivity index (χ3v) is 2.90. The van der Waals surface area contributed by atoms with Crippen molar-refractivity contribution in [1.29, 1.82) is 0 Å². The van der Waals surface area contributed by atoms with Gasteiger partial charge in [-0.2, -0.15) is 61.5 Å². The predicted molar refractivity (Wildman–Crippen MR) is 49.4 cm³/mol. The van der Waals surface area contributed by atoms with E-state index in [2.05, 4.69) is 0 Å². The van der Waals surface area contributed by atoms with E-state index in [4.69, 9.17) is 10.2 Å². The molecule has 0 rings (SSSR count). The molecule has 0 heterocycles. The Kier molecular flexibility index (Phi) is 5.63. The fourth-order valence-electron chi connectivity index (χ4n) is 1.25. The van der Waals surface area contributed by atoms with Gasteiger partial charge in [-0.05, 0) is 0 Å². The maximum Gasteiger partial charge on any atom is 0.410 e. The molecule has 156 valence electrons. The molecule has 2 N–H and O–H groups in total. The average molecular weight is 426 g/mol. The first-order valence-corrected chi connectivity index (χ1v) is 5.49. The van der Waals surface area contributed by atoms with Crippen LogP contribution in [0.2, 0.25) is 0 Å². The summed E-state index contributed by atoms with van der Waals surface area (Å²) in [5, 5.41) is 15.4. The van der Waals surface area contributed by atoms with Crippen LogP contribution in [0.1, 0.15) is 0 Å². The summed E-state index contributed by atoms with van der Waals surface area (Å²) in [6, 6.07) is 0. The lowest BCUT2D eigenvalue weighted by molar-refractivity contribution is -0.439. The van der Waals surface area contributed by atoms with Crippen molar-refractivity contribution >= 4 is 5.97 Å². The van der Waals surface area contributed by atoms with E-state index in [0.717, 1.165) is 0 Å². The molecule has 0 bridgehead atoms. The molecular weight excluding hydrogens is 422 g/mol. The van der Waals surface area contributed by atoms with Crippen LogP contribution < -0.4 is 0 Å². The number of alkyl halides is 14. The minimum atomic E-state index is -8.34. The number of aliphatic carboxylic acids is 1. The normalized spacial score (nSPS) is 16.0. The van der Waals surface area contributed by atoms with Crippen molar-refractivity contribution < 1.29 is 76.5 Å². The molecule has 26 heavy (non-hydrogen) atoms. The molecule has 0 fully saturated rings. The summed E-state index contributed by atoms with van der Waals surface area (Å²) < 4.78 is 179. The second kappa shape index (κ2) is 5.98. The molecule has 0 spiro atoms. The van der Waals surface area contributed by atoms with E-state index in [1.54, 1.807) is 0 Å². The monoisotopic (exact) mass is 426 g/mol. The van der Waals surface area contributed by atoms with Crippen molar-refractivity contribution in [2.75, 3.05) is 6.61 Å². The Morgan fingerprint density at radius 2 is 0.846 bits per heavy atom. The van der Waals surface area contributed by atoms with Crippen LogP contribution in [0.4, 0.5) is 61.5 Å². The molecule has 0 aliphatic heterocycles. The van der Waals surface area contributed by atoms with Gasteiger partial charge in [-0.15, -0.1) is 0 Å². The van der Waals surface area contributed by atoms with Gasteiger partial charge in [0.1, 0.15) is 6.61 Å². The lowest BCUT2D eigenvalue weighted by atomic mass is 9.89. The van der Waals surface area contributed by atoms with Crippen LogP contribution in [0.25, 0.3) is 0 Å². The van der Waals surface area contributed by atoms with Crippen molar-refractivity contribution in [3.8, 4) is 0 Å². The summed E-state index contributed by atoms with van der Waals surface area (Å²) in [6.07, 6.45) is 0. The van der Waals surface area contributed by atoms with Gasteiger partial charge in [0, 0.05) is 0 Å². The van der Waals surface area contributed by atoms with E-state index in [9.17, 15) is 66.3 Å². The number of carboxylic acid groups (broad SMARTS) is 1. The predicted octanol–water partition coefficient (Wildman–Crippen LogP) is 3.51. The largest absolute Gasteiger partial charge is 0.477 e. The summed E-state index contributed by atoms with van der Waals surface area (Å²) in [5.74, 6) is -58.4. The first-order chi connectivity index (χ1) is 11.0. The number of hydrogen-bond acceptors (Lipinski definition) is 2. The van der Waals surface area contributed by atoms with E-state index in [0.29, 0.717) is 0 Å². The zero-order chi connectivity index (χ0) is 21.8. The van der Waals surface area contributed by atoms with Gasteiger partial charge in [-0.3, -0.25) is 0 Å². The third kappa shape index (κ3) is 2.74. The molecule has 0 amide bonds. The van der Waals surface area contributed by atoms with Gasteiger partial charge in [0.05, 0.1) is 0 Å². The molecule has 0 aromatic heterocycles. The number of aliphatic hydroxyl groups excluding tert-OH is 1. The summed E-state index contributed by atoms with van der Waals surface area (Å²) in [6.45, 7) is -3.36. The van der Waals surface area contributed by atoms with Gasteiger partial charge in [0.2, 0.25) is 0 Å². The van der Waals surface area contributed by atoms with E-state index in [1.165, 1.54) is 0 Å². The molecule has 3 nitrogen and oxygen atoms in total. The van der Waals surface area contributed by atoms with Crippen molar-refractivity contribution in [2.45, 2.75) is 41.5 Å². The van der Waals surface area contributed by atoms with Crippen LogP contribution in [0.3, 0.4) is 0 Å². The van der Waals surface area contributed by atoms with Crippen molar-refractivity contribution in [3.05, 3.63) is 0 Å². The third-order valence-electron chi connectivity index (χ3n) is 2.90. The quantitative estimate of drug-likeness (QED) is 0.585. The Bertz CT molecular complexity index is 554. The summed E-state index contributed by atoms with van der Waals surface area (Å²) in [5.41, 5.74) is 0. The highest BCUT2D eigenvalue weighted by Crippen LogP contribution is 2.62. The Morgan fingerprint density at radius 1 is 0.577 bits per heavy atom. The fourth-order valence-corrected chi connectivity index (χ4v) is 1.25. The van der Waals surface area contributed by atoms with Crippen LogP contribution in [0.15, 0.2) is 0 Å². The lowest BCUT2D eigenvalue weighted by Crippen LogP contribution is -2.74. The van der Waals surface area contributed by atoms with Crippen LogP contribution >= 0.6 is 0 Å². The highest BCUT2D eigenvalue weighted by molar-refractivity contribution is 5.77. The summed E-state index contributed by atoms with van der Waals surface area (Å²) in [7, 11) is 0. The Labute approximate surface area is 132 Å². The minimum absolute atomic E-state index is 3.36. The maximum absolute atomic E-state index is 13.0. The average Bonchev–Trinajstić information content (AvgIpc) is 2.45. The van der Waals surface area contributed by atoms with Gasteiger partial charge < -0.3 is 10.2 Å². The number of hydrogen-bond donors (Lipinski definition) is 2. The number of carboxylic acids is 1. The van der Waals surface area contributed by atoms with Gasteiger partial charge in [-0.1, -0.05) is 0 Å². The van der Waals surface area contributed by atoms with Crippen LogP contribution in [0.5, 0.6) is 0 Å². The highest BCUT2D eigenvalue weighted by atomic mass is 19.4. The molecule has 0 unspecified atom stereocenters. The first kappa shape index (κ1) is 24.5. The number of halogens is 14. The molecule has 0 aliphatic rings. The molecule has 0 atom stereocenters. The van der Waals surface area contributed by atoms with Gasteiger partial charge in [-0.25, -0.2) is 4.79 Å². The van der Waals surface area contributed by atoms with Gasteiger partial charge in [0.15, 0.2) is 0 Å². The summed E-state index contributed by atoms with van der Waals surface area (Å²) >= 11 is 0. The van der Waals surface area contributed by atoms with E-state index in [-0.39, 0.29) is 0 Å². The van der Waals surface area contributed by atoms with Crippen LogP contribution in [-0.4, -0.2) is 64.2 Å². The zero-order valence-corrected chi connectivity index (χ0v) is 11.3. The highest BCUT2D eigenvalue weighted by Gasteiger charge is 2.93. The number of rotatable bonds is 8. The molecule has 0 aromatic carbocycles. The Balaban J connectivity index is 6.59. The Morgan fingerprint density at radius 3 is 1.12 bits per heavy atom. The second-order valence-electron chi connectivity index (χ2n) is 4.61.